The predicted molar refractivity (Wildman–Crippen MR) is 81.2 cm³/mol. The highest BCUT2D eigenvalue weighted by atomic mass is 32.2. The Morgan fingerprint density at radius 3 is 2.40 bits per heavy atom. The first-order chi connectivity index (χ1) is 9.57. The second kappa shape index (κ2) is 7.79. The van der Waals surface area contributed by atoms with Crippen LogP contribution in [0.4, 0.5) is 0 Å². The molecule has 6 heteroatoms. The summed E-state index contributed by atoms with van der Waals surface area (Å²) in [6, 6.07) is 3.63. The average Bonchev–Trinajstić information content (AvgIpc) is 2.45. The topological polar surface area (TPSA) is 61.6 Å². The molecule has 0 fully saturated rings. The number of benzene rings is 1. The summed E-state index contributed by atoms with van der Waals surface area (Å²) in [6.45, 7) is 3.80. The first-order valence-electron chi connectivity index (χ1n) is 6.31. The first kappa shape index (κ1) is 16.4. The van der Waals surface area contributed by atoms with Crippen LogP contribution in [0, 0.1) is 10.1 Å². The van der Waals surface area contributed by atoms with Crippen LogP contribution in [-0.2, 0) is 0 Å². The van der Waals surface area contributed by atoms with Crippen LogP contribution in [0.2, 0.25) is 0 Å². The van der Waals surface area contributed by atoms with E-state index in [9.17, 15) is 10.1 Å². The lowest BCUT2D eigenvalue weighted by molar-refractivity contribution is -0.425. The number of ether oxygens (including phenoxy) is 2. The molecule has 0 heterocycles. The minimum atomic E-state index is -0.374. The summed E-state index contributed by atoms with van der Waals surface area (Å²) >= 11 is 1.64. The fraction of sp³-hybridized carbons (Fsp3) is 0.429. The van der Waals surface area contributed by atoms with Crippen molar-refractivity contribution in [3.8, 4) is 11.5 Å². The highest BCUT2D eigenvalue weighted by Gasteiger charge is 2.14. The Morgan fingerprint density at radius 1 is 1.30 bits per heavy atom. The zero-order chi connectivity index (χ0) is 15.1. The van der Waals surface area contributed by atoms with E-state index in [0.717, 1.165) is 10.6 Å². The van der Waals surface area contributed by atoms with Crippen LogP contribution in [0.5, 0.6) is 11.5 Å². The maximum Gasteiger partial charge on any atom is 0.246 e. The molecule has 0 N–H and O–H groups in total. The number of methoxy groups -OCH3 is 2. The van der Waals surface area contributed by atoms with E-state index in [4.69, 9.17) is 9.47 Å². The van der Waals surface area contributed by atoms with Crippen LogP contribution in [0.1, 0.15) is 25.8 Å². The summed E-state index contributed by atoms with van der Waals surface area (Å²) < 4.78 is 10.7. The molecule has 0 spiro atoms. The van der Waals surface area contributed by atoms with Gasteiger partial charge in [0, 0.05) is 18.1 Å². The lowest BCUT2D eigenvalue weighted by Crippen LogP contribution is -1.98. The Kier molecular flexibility index (Phi) is 6.38. The van der Waals surface area contributed by atoms with E-state index < -0.39 is 0 Å². The molecule has 0 saturated heterocycles. The van der Waals surface area contributed by atoms with Gasteiger partial charge in [0.05, 0.1) is 24.0 Å². The number of thioether (sulfide) groups is 1. The molecule has 20 heavy (non-hydrogen) atoms. The minimum absolute atomic E-state index is 0.140. The van der Waals surface area contributed by atoms with E-state index in [2.05, 4.69) is 0 Å². The average molecular weight is 297 g/mol. The van der Waals surface area contributed by atoms with E-state index >= 15 is 0 Å². The van der Waals surface area contributed by atoms with E-state index in [0.29, 0.717) is 23.5 Å². The summed E-state index contributed by atoms with van der Waals surface area (Å²) in [5, 5.41) is 10.9. The maximum atomic E-state index is 10.9. The molecule has 0 radical (unpaired) electrons. The van der Waals surface area contributed by atoms with E-state index in [-0.39, 0.29) is 10.6 Å². The van der Waals surface area contributed by atoms with Crippen LogP contribution in [-0.4, -0.2) is 24.9 Å². The smallest absolute Gasteiger partial charge is 0.246 e. The normalized spacial score (nSPS) is 11.3. The third kappa shape index (κ3) is 3.90. The summed E-state index contributed by atoms with van der Waals surface area (Å²) in [6.07, 6.45) is 1.88. The standard InChI is InChI=1S/C14H19NO4S/c1-5-11(15(16)17)7-10-8-13(19-4)14(20-6-2)9-12(10)18-3/h7-9H,5-6H2,1-4H3/b11-7+. The van der Waals surface area contributed by atoms with Gasteiger partial charge in [0.15, 0.2) is 0 Å². The van der Waals surface area contributed by atoms with Gasteiger partial charge in [-0.05, 0) is 17.9 Å². The molecular formula is C14H19NO4S. The molecule has 0 bridgehead atoms. The van der Waals surface area contributed by atoms with Crippen molar-refractivity contribution < 1.29 is 14.4 Å². The SMILES string of the molecule is CCSc1cc(OC)c(/C=C(\CC)[N+](=O)[O-])cc1OC. The summed E-state index contributed by atoms with van der Waals surface area (Å²) in [4.78, 5) is 11.5. The van der Waals surface area contributed by atoms with Gasteiger partial charge in [0.25, 0.3) is 0 Å². The zero-order valence-corrected chi connectivity index (χ0v) is 13.0. The second-order valence-corrected chi connectivity index (χ2v) is 5.23. The van der Waals surface area contributed by atoms with Gasteiger partial charge in [-0.3, -0.25) is 10.1 Å². The molecule has 0 unspecified atom stereocenters. The predicted octanol–water partition coefficient (Wildman–Crippen LogP) is 3.84. The molecule has 110 valence electrons. The molecule has 1 rings (SSSR count). The van der Waals surface area contributed by atoms with Crippen molar-refractivity contribution in [3.63, 3.8) is 0 Å². The molecule has 5 nitrogen and oxygen atoms in total. The fourth-order valence-electron chi connectivity index (χ4n) is 1.74. The number of nitro groups is 1. The third-order valence-electron chi connectivity index (χ3n) is 2.73. The molecule has 0 aliphatic rings. The van der Waals surface area contributed by atoms with Crippen molar-refractivity contribution in [2.24, 2.45) is 0 Å². The summed E-state index contributed by atoms with van der Waals surface area (Å²) in [7, 11) is 3.14. The van der Waals surface area contributed by atoms with Gasteiger partial charge in [-0.2, -0.15) is 0 Å². The van der Waals surface area contributed by atoms with Gasteiger partial charge in [-0.25, -0.2) is 0 Å². The second-order valence-electron chi connectivity index (χ2n) is 3.92. The number of rotatable bonds is 7. The number of hydrogen-bond donors (Lipinski definition) is 0. The molecule has 0 aromatic heterocycles. The Balaban J connectivity index is 3.35. The Morgan fingerprint density at radius 2 is 1.95 bits per heavy atom. The molecule has 0 amide bonds. The number of allylic oxidation sites excluding steroid dienone is 1. The monoisotopic (exact) mass is 297 g/mol. The van der Waals surface area contributed by atoms with Gasteiger partial charge >= 0.3 is 0 Å². The van der Waals surface area contributed by atoms with E-state index in [1.54, 1.807) is 39.0 Å². The molecule has 0 aliphatic heterocycles. The molecular weight excluding hydrogens is 278 g/mol. The van der Waals surface area contributed by atoms with Crippen molar-refractivity contribution in [3.05, 3.63) is 33.5 Å². The lowest BCUT2D eigenvalue weighted by atomic mass is 10.1. The molecule has 0 saturated carbocycles. The van der Waals surface area contributed by atoms with Crippen LogP contribution in [0.15, 0.2) is 22.7 Å². The third-order valence-corrected chi connectivity index (χ3v) is 3.65. The Hall–Kier alpha value is -1.69. The van der Waals surface area contributed by atoms with E-state index in [1.807, 2.05) is 13.0 Å². The highest BCUT2D eigenvalue weighted by molar-refractivity contribution is 7.99. The fourth-order valence-corrected chi connectivity index (χ4v) is 2.52. The van der Waals surface area contributed by atoms with Crippen LogP contribution >= 0.6 is 11.8 Å². The van der Waals surface area contributed by atoms with Crippen molar-refractivity contribution in [2.75, 3.05) is 20.0 Å². The minimum Gasteiger partial charge on any atom is -0.496 e. The zero-order valence-electron chi connectivity index (χ0n) is 12.1. The molecule has 0 aliphatic carbocycles. The number of nitrogens with zero attached hydrogens (tertiary/aromatic N) is 1. The van der Waals surface area contributed by atoms with Gasteiger partial charge in [-0.15, -0.1) is 11.8 Å². The summed E-state index contributed by atoms with van der Waals surface area (Å²) in [5.41, 5.74) is 0.791. The number of hydrogen-bond acceptors (Lipinski definition) is 5. The van der Waals surface area contributed by atoms with Gasteiger partial charge in [0.2, 0.25) is 5.70 Å². The maximum absolute atomic E-state index is 10.9. The molecule has 1 aromatic rings. The van der Waals surface area contributed by atoms with Crippen molar-refractivity contribution in [2.45, 2.75) is 25.2 Å². The highest BCUT2D eigenvalue weighted by Crippen LogP contribution is 2.36. The van der Waals surface area contributed by atoms with E-state index in [1.165, 1.54) is 6.08 Å². The quantitative estimate of drug-likeness (QED) is 0.434. The Bertz CT molecular complexity index is 514. The Labute approximate surface area is 123 Å². The van der Waals surface area contributed by atoms with Crippen molar-refractivity contribution in [1.29, 1.82) is 0 Å². The van der Waals surface area contributed by atoms with Gasteiger partial charge in [0.1, 0.15) is 11.5 Å². The van der Waals surface area contributed by atoms with Crippen LogP contribution < -0.4 is 9.47 Å². The molecule has 0 atom stereocenters. The van der Waals surface area contributed by atoms with Gasteiger partial charge < -0.3 is 9.47 Å². The lowest BCUT2D eigenvalue weighted by Gasteiger charge is -2.12. The van der Waals surface area contributed by atoms with Gasteiger partial charge in [-0.1, -0.05) is 13.8 Å². The van der Waals surface area contributed by atoms with Crippen molar-refractivity contribution >= 4 is 17.8 Å². The first-order valence-corrected chi connectivity index (χ1v) is 7.29. The van der Waals surface area contributed by atoms with Crippen molar-refractivity contribution in [1.82, 2.24) is 0 Å². The van der Waals surface area contributed by atoms with Crippen LogP contribution in [0.3, 0.4) is 0 Å². The summed E-state index contributed by atoms with van der Waals surface area (Å²) in [5.74, 6) is 2.21. The largest absolute Gasteiger partial charge is 0.496 e. The molecule has 1 aromatic carbocycles. The van der Waals surface area contributed by atoms with Crippen LogP contribution in [0.25, 0.3) is 6.08 Å².